The second-order valence-electron chi connectivity index (χ2n) is 4.17. The quantitative estimate of drug-likeness (QED) is 0.727. The molecular formula is C12H15BrN4O2S. The van der Waals surface area contributed by atoms with Crippen LogP contribution in [0.2, 0.25) is 0 Å². The molecule has 8 heteroatoms. The number of sulfonamides is 1. The smallest absolute Gasteiger partial charge is 0.258 e. The number of benzene rings is 1. The number of nitrogens with zero attached hydrogens (tertiary/aromatic N) is 1. The zero-order chi connectivity index (χ0) is 14.6. The van der Waals surface area contributed by atoms with Crippen LogP contribution in [0.3, 0.4) is 0 Å². The number of aromatic amines is 1. The Morgan fingerprint density at radius 1 is 1.25 bits per heavy atom. The number of H-pyrrole nitrogens is 1. The first kappa shape index (κ1) is 15.2. The number of nitrogens with one attached hydrogen (secondary N) is 3. The molecule has 0 aliphatic rings. The minimum absolute atomic E-state index is 0.0962. The molecule has 0 saturated carbocycles. The van der Waals surface area contributed by atoms with Crippen molar-refractivity contribution in [3.63, 3.8) is 0 Å². The second-order valence-corrected chi connectivity index (χ2v) is 6.73. The van der Waals surface area contributed by atoms with Crippen molar-refractivity contribution in [1.29, 1.82) is 0 Å². The van der Waals surface area contributed by atoms with E-state index in [0.717, 1.165) is 10.0 Å². The van der Waals surface area contributed by atoms with Crippen molar-refractivity contribution < 1.29 is 8.42 Å². The molecule has 1 aromatic heterocycles. The first-order chi connectivity index (χ1) is 9.54. The molecule has 6 nitrogen and oxygen atoms in total. The van der Waals surface area contributed by atoms with Crippen LogP contribution in [0, 0.1) is 0 Å². The Morgan fingerprint density at radius 2 is 2.00 bits per heavy atom. The third kappa shape index (κ3) is 3.45. The first-order valence-electron chi connectivity index (χ1n) is 5.94. The summed E-state index contributed by atoms with van der Waals surface area (Å²) in [5, 5.41) is 9.32. The van der Waals surface area contributed by atoms with Crippen molar-refractivity contribution in [3.05, 3.63) is 46.1 Å². The van der Waals surface area contributed by atoms with Crippen molar-refractivity contribution in [2.24, 2.45) is 0 Å². The maximum absolute atomic E-state index is 12.2. The molecule has 2 rings (SSSR count). The highest BCUT2D eigenvalue weighted by Gasteiger charge is 2.20. The van der Waals surface area contributed by atoms with Gasteiger partial charge in [0.2, 0.25) is 0 Å². The number of hydrogen-bond donors (Lipinski definition) is 3. The molecule has 0 spiro atoms. The maximum atomic E-state index is 12.2. The van der Waals surface area contributed by atoms with E-state index in [-0.39, 0.29) is 11.6 Å². The van der Waals surface area contributed by atoms with E-state index in [1.165, 1.54) is 6.20 Å². The Hall–Kier alpha value is -1.22. The standard InChI is InChI=1S/C12H15BrN4O2S/c1-14-6-10-7-15-17-12(10)20(18,19)16-8-9-4-2-3-5-11(9)13/h2-5,7,14,16H,6,8H2,1H3,(H,15,17). The minimum Gasteiger partial charge on any atom is -0.316 e. The topological polar surface area (TPSA) is 86.9 Å². The summed E-state index contributed by atoms with van der Waals surface area (Å²) in [5.74, 6) is 0. The highest BCUT2D eigenvalue weighted by molar-refractivity contribution is 9.10. The van der Waals surface area contributed by atoms with E-state index >= 15 is 0 Å². The molecule has 0 fully saturated rings. The van der Waals surface area contributed by atoms with Crippen LogP contribution in [0.4, 0.5) is 0 Å². The van der Waals surface area contributed by atoms with Gasteiger partial charge in [-0.05, 0) is 18.7 Å². The van der Waals surface area contributed by atoms with Crippen molar-refractivity contribution in [2.45, 2.75) is 18.1 Å². The lowest BCUT2D eigenvalue weighted by atomic mass is 10.2. The molecule has 108 valence electrons. The van der Waals surface area contributed by atoms with Crippen LogP contribution in [0.5, 0.6) is 0 Å². The lowest BCUT2D eigenvalue weighted by molar-refractivity contribution is 0.574. The first-order valence-corrected chi connectivity index (χ1v) is 8.22. The third-order valence-corrected chi connectivity index (χ3v) is 4.91. The minimum atomic E-state index is -3.61. The Bertz CT molecular complexity index is 684. The van der Waals surface area contributed by atoms with Gasteiger partial charge in [0.15, 0.2) is 5.03 Å². The number of aromatic nitrogens is 2. The Kier molecular flexibility index (Phi) is 4.92. The highest BCUT2D eigenvalue weighted by Crippen LogP contribution is 2.17. The predicted molar refractivity (Wildman–Crippen MR) is 79.5 cm³/mol. The molecular weight excluding hydrogens is 344 g/mol. The molecule has 3 N–H and O–H groups in total. The van der Waals surface area contributed by atoms with Crippen LogP contribution < -0.4 is 10.0 Å². The fourth-order valence-electron chi connectivity index (χ4n) is 1.73. The SMILES string of the molecule is CNCc1cn[nH]c1S(=O)(=O)NCc1ccccc1Br. The van der Waals surface area contributed by atoms with Gasteiger partial charge in [-0.25, -0.2) is 13.1 Å². The average molecular weight is 359 g/mol. The number of halogens is 1. The van der Waals surface area contributed by atoms with E-state index in [9.17, 15) is 8.42 Å². The van der Waals surface area contributed by atoms with Crippen LogP contribution in [0.1, 0.15) is 11.1 Å². The molecule has 0 unspecified atom stereocenters. The lowest BCUT2D eigenvalue weighted by Gasteiger charge is -2.08. The number of hydrogen-bond acceptors (Lipinski definition) is 4. The summed E-state index contributed by atoms with van der Waals surface area (Å²) in [4.78, 5) is 0. The molecule has 0 radical (unpaired) electrons. The van der Waals surface area contributed by atoms with Gasteiger partial charge in [0, 0.05) is 23.1 Å². The Labute approximate surface area is 126 Å². The van der Waals surface area contributed by atoms with E-state index < -0.39 is 10.0 Å². The van der Waals surface area contributed by atoms with Gasteiger partial charge in [0.1, 0.15) is 0 Å². The average Bonchev–Trinajstić information content (AvgIpc) is 2.87. The summed E-state index contributed by atoms with van der Waals surface area (Å²) in [6.45, 7) is 0.642. The molecule has 0 amide bonds. The van der Waals surface area contributed by atoms with Gasteiger partial charge in [-0.3, -0.25) is 5.10 Å². The zero-order valence-corrected chi connectivity index (χ0v) is 13.3. The monoisotopic (exact) mass is 358 g/mol. The van der Waals surface area contributed by atoms with Gasteiger partial charge in [0.25, 0.3) is 10.0 Å². The fraction of sp³-hybridized carbons (Fsp3) is 0.250. The summed E-state index contributed by atoms with van der Waals surface area (Å²) in [5.41, 5.74) is 1.47. The van der Waals surface area contributed by atoms with Crippen molar-refractivity contribution in [3.8, 4) is 0 Å². The predicted octanol–water partition coefficient (Wildman–Crippen LogP) is 1.37. The molecule has 1 heterocycles. The van der Waals surface area contributed by atoms with Crippen molar-refractivity contribution in [1.82, 2.24) is 20.2 Å². The van der Waals surface area contributed by atoms with Gasteiger partial charge in [-0.2, -0.15) is 5.10 Å². The maximum Gasteiger partial charge on any atom is 0.258 e. The lowest BCUT2D eigenvalue weighted by Crippen LogP contribution is -2.25. The van der Waals surface area contributed by atoms with Gasteiger partial charge in [0.05, 0.1) is 6.20 Å². The van der Waals surface area contributed by atoms with Crippen molar-refractivity contribution >= 4 is 26.0 Å². The molecule has 0 bridgehead atoms. The van der Waals surface area contributed by atoms with E-state index in [2.05, 4.69) is 36.2 Å². The largest absolute Gasteiger partial charge is 0.316 e. The third-order valence-electron chi connectivity index (χ3n) is 2.72. The molecule has 20 heavy (non-hydrogen) atoms. The normalized spacial score (nSPS) is 11.7. The van der Waals surface area contributed by atoms with Gasteiger partial charge < -0.3 is 5.32 Å². The Morgan fingerprint density at radius 3 is 2.70 bits per heavy atom. The number of rotatable bonds is 6. The Balaban J connectivity index is 2.15. The molecule has 0 aliphatic carbocycles. The van der Waals surface area contributed by atoms with E-state index in [1.54, 1.807) is 7.05 Å². The molecule has 2 aromatic rings. The van der Waals surface area contributed by atoms with E-state index in [0.29, 0.717) is 12.1 Å². The van der Waals surface area contributed by atoms with Gasteiger partial charge in [-0.15, -0.1) is 0 Å². The summed E-state index contributed by atoms with van der Waals surface area (Å²) in [7, 11) is -1.87. The zero-order valence-electron chi connectivity index (χ0n) is 10.9. The van der Waals surface area contributed by atoms with Gasteiger partial charge in [-0.1, -0.05) is 34.1 Å². The summed E-state index contributed by atoms with van der Waals surface area (Å²) in [6, 6.07) is 7.46. The molecule has 1 aromatic carbocycles. The van der Waals surface area contributed by atoms with Crippen LogP contribution in [-0.4, -0.2) is 25.7 Å². The summed E-state index contributed by atoms with van der Waals surface area (Å²) >= 11 is 3.39. The summed E-state index contributed by atoms with van der Waals surface area (Å²) < 4.78 is 27.9. The van der Waals surface area contributed by atoms with Crippen LogP contribution in [0.15, 0.2) is 40.0 Å². The second kappa shape index (κ2) is 6.49. The van der Waals surface area contributed by atoms with Crippen LogP contribution in [-0.2, 0) is 23.1 Å². The van der Waals surface area contributed by atoms with E-state index in [1.807, 2.05) is 24.3 Å². The van der Waals surface area contributed by atoms with Crippen molar-refractivity contribution in [2.75, 3.05) is 7.05 Å². The molecule has 0 aliphatic heterocycles. The highest BCUT2D eigenvalue weighted by atomic mass is 79.9. The molecule has 0 saturated heterocycles. The van der Waals surface area contributed by atoms with Crippen LogP contribution >= 0.6 is 15.9 Å². The van der Waals surface area contributed by atoms with E-state index in [4.69, 9.17) is 0 Å². The van der Waals surface area contributed by atoms with Gasteiger partial charge >= 0.3 is 0 Å². The van der Waals surface area contributed by atoms with Crippen LogP contribution in [0.25, 0.3) is 0 Å². The summed E-state index contributed by atoms with van der Waals surface area (Å²) in [6.07, 6.45) is 1.50. The molecule has 0 atom stereocenters. The fourth-order valence-corrected chi connectivity index (χ4v) is 3.29.